The molecule has 0 spiro atoms. The Kier molecular flexibility index (Phi) is 5.50. The number of hydrogen-bond acceptors (Lipinski definition) is 5. The molecule has 1 amide bonds. The molecule has 3 aromatic rings. The SMILES string of the molecule is COc1cccc(N2C(=O)C(=Cc3cc(C)n(-c4cccc([N+](=O)[O-])c4)c3C)NC2=S)c1. The van der Waals surface area contributed by atoms with Crippen LogP contribution in [0.1, 0.15) is 17.0 Å². The number of aromatic nitrogens is 1. The smallest absolute Gasteiger partial charge is 0.281 e. The molecule has 0 radical (unpaired) electrons. The number of nitro benzene ring substituents is 1. The molecule has 0 atom stereocenters. The van der Waals surface area contributed by atoms with Crippen molar-refractivity contribution in [3.8, 4) is 11.4 Å². The average molecular weight is 449 g/mol. The maximum Gasteiger partial charge on any atom is 0.281 e. The summed E-state index contributed by atoms with van der Waals surface area (Å²) in [4.78, 5) is 25.3. The molecule has 32 heavy (non-hydrogen) atoms. The number of hydrogen-bond donors (Lipinski definition) is 1. The molecule has 1 N–H and O–H groups in total. The van der Waals surface area contributed by atoms with E-state index in [1.54, 1.807) is 43.5 Å². The lowest BCUT2D eigenvalue weighted by Gasteiger charge is -2.14. The molecule has 1 saturated heterocycles. The molecule has 1 aliphatic rings. The summed E-state index contributed by atoms with van der Waals surface area (Å²) in [6.45, 7) is 3.81. The number of methoxy groups -OCH3 is 1. The number of carbonyl (C=O) groups is 1. The van der Waals surface area contributed by atoms with E-state index in [2.05, 4.69) is 5.32 Å². The summed E-state index contributed by atoms with van der Waals surface area (Å²) in [5.74, 6) is 0.347. The summed E-state index contributed by atoms with van der Waals surface area (Å²) in [5, 5.41) is 14.4. The second kappa shape index (κ2) is 8.27. The monoisotopic (exact) mass is 448 g/mol. The van der Waals surface area contributed by atoms with Crippen molar-refractivity contribution in [1.82, 2.24) is 9.88 Å². The van der Waals surface area contributed by atoms with Crippen molar-refractivity contribution in [3.05, 3.63) is 87.4 Å². The maximum absolute atomic E-state index is 13.1. The Morgan fingerprint density at radius 2 is 1.81 bits per heavy atom. The fraction of sp³-hybridized carbons (Fsp3) is 0.130. The zero-order valence-electron chi connectivity index (χ0n) is 17.7. The number of thiocarbonyl (C=S) groups is 1. The van der Waals surface area contributed by atoms with Crippen LogP contribution in [0.15, 0.2) is 60.3 Å². The van der Waals surface area contributed by atoms with Crippen LogP contribution in [0.3, 0.4) is 0 Å². The van der Waals surface area contributed by atoms with Crippen molar-refractivity contribution in [2.45, 2.75) is 13.8 Å². The lowest BCUT2D eigenvalue weighted by Crippen LogP contribution is -2.30. The number of amides is 1. The molecule has 162 valence electrons. The Hall–Kier alpha value is -3.98. The van der Waals surface area contributed by atoms with E-state index in [4.69, 9.17) is 17.0 Å². The Morgan fingerprint density at radius 1 is 1.09 bits per heavy atom. The first-order valence-electron chi connectivity index (χ1n) is 9.75. The molecule has 1 aliphatic heterocycles. The summed E-state index contributed by atoms with van der Waals surface area (Å²) < 4.78 is 7.16. The highest BCUT2D eigenvalue weighted by atomic mass is 32.1. The normalized spacial score (nSPS) is 14.7. The summed E-state index contributed by atoms with van der Waals surface area (Å²) in [7, 11) is 1.56. The standard InChI is InChI=1S/C23H20N4O4S/c1-14-10-16(15(2)25(14)17-6-4-8-19(12-17)27(29)30)11-21-22(28)26(23(32)24-21)18-7-5-9-20(13-18)31-3/h4-13H,1-3H3,(H,24,32). The van der Waals surface area contributed by atoms with Crippen molar-refractivity contribution < 1.29 is 14.5 Å². The van der Waals surface area contributed by atoms with Gasteiger partial charge in [-0.05, 0) is 62.0 Å². The minimum Gasteiger partial charge on any atom is -0.497 e. The minimum atomic E-state index is -0.421. The molecule has 1 aromatic heterocycles. The quantitative estimate of drug-likeness (QED) is 0.271. The number of non-ortho nitro benzene ring substituents is 1. The van der Waals surface area contributed by atoms with E-state index in [9.17, 15) is 14.9 Å². The lowest BCUT2D eigenvalue weighted by molar-refractivity contribution is -0.384. The van der Waals surface area contributed by atoms with Gasteiger partial charge in [0.1, 0.15) is 11.4 Å². The van der Waals surface area contributed by atoms with Crippen LogP contribution in [-0.4, -0.2) is 27.6 Å². The van der Waals surface area contributed by atoms with Crippen LogP contribution in [0, 0.1) is 24.0 Å². The number of benzene rings is 2. The molecule has 1 fully saturated rings. The van der Waals surface area contributed by atoms with E-state index in [1.807, 2.05) is 30.5 Å². The van der Waals surface area contributed by atoms with Crippen molar-refractivity contribution in [1.29, 1.82) is 0 Å². The molecule has 9 heteroatoms. The number of nitrogens with zero attached hydrogens (tertiary/aromatic N) is 3. The number of carbonyl (C=O) groups excluding carboxylic acids is 1. The van der Waals surface area contributed by atoms with E-state index >= 15 is 0 Å². The van der Waals surface area contributed by atoms with Gasteiger partial charge in [-0.25, -0.2) is 0 Å². The molecule has 2 aromatic carbocycles. The van der Waals surface area contributed by atoms with Gasteiger partial charge in [-0.2, -0.15) is 0 Å². The Morgan fingerprint density at radius 3 is 2.53 bits per heavy atom. The van der Waals surface area contributed by atoms with Gasteiger partial charge in [-0.3, -0.25) is 19.8 Å². The predicted molar refractivity (Wildman–Crippen MR) is 126 cm³/mol. The Labute approximate surface area is 189 Å². The fourth-order valence-corrected chi connectivity index (χ4v) is 4.05. The molecule has 0 saturated carbocycles. The third-order valence-electron chi connectivity index (χ3n) is 5.26. The molecule has 0 bridgehead atoms. The summed E-state index contributed by atoms with van der Waals surface area (Å²) >= 11 is 5.39. The van der Waals surface area contributed by atoms with E-state index in [0.29, 0.717) is 22.8 Å². The zero-order valence-corrected chi connectivity index (χ0v) is 18.5. The van der Waals surface area contributed by atoms with Gasteiger partial charge >= 0.3 is 0 Å². The van der Waals surface area contributed by atoms with Crippen LogP contribution in [-0.2, 0) is 4.79 Å². The molecule has 4 rings (SSSR count). The average Bonchev–Trinajstić information content (AvgIpc) is 3.22. The van der Waals surface area contributed by atoms with Gasteiger partial charge in [0.15, 0.2) is 5.11 Å². The first kappa shape index (κ1) is 21.3. The van der Waals surface area contributed by atoms with Crippen LogP contribution < -0.4 is 15.0 Å². The van der Waals surface area contributed by atoms with Gasteiger partial charge in [0, 0.05) is 29.6 Å². The van der Waals surface area contributed by atoms with Crippen LogP contribution in [0.4, 0.5) is 11.4 Å². The summed E-state index contributed by atoms with van der Waals surface area (Å²) in [6.07, 6.45) is 1.74. The highest BCUT2D eigenvalue weighted by molar-refractivity contribution is 7.80. The van der Waals surface area contributed by atoms with E-state index in [-0.39, 0.29) is 16.7 Å². The number of anilines is 1. The molecule has 2 heterocycles. The van der Waals surface area contributed by atoms with Gasteiger partial charge in [-0.1, -0.05) is 12.1 Å². The van der Waals surface area contributed by atoms with Gasteiger partial charge < -0.3 is 14.6 Å². The van der Waals surface area contributed by atoms with Crippen LogP contribution in [0.5, 0.6) is 5.75 Å². The first-order valence-corrected chi connectivity index (χ1v) is 10.2. The van der Waals surface area contributed by atoms with E-state index in [0.717, 1.165) is 17.0 Å². The van der Waals surface area contributed by atoms with E-state index < -0.39 is 4.92 Å². The van der Waals surface area contributed by atoms with Crippen molar-refractivity contribution in [2.24, 2.45) is 0 Å². The molecule has 0 aliphatic carbocycles. The zero-order chi connectivity index (χ0) is 23.0. The maximum atomic E-state index is 13.1. The van der Waals surface area contributed by atoms with Crippen molar-refractivity contribution >= 4 is 40.7 Å². The molecular weight excluding hydrogens is 428 g/mol. The van der Waals surface area contributed by atoms with Gasteiger partial charge in [0.2, 0.25) is 0 Å². The van der Waals surface area contributed by atoms with E-state index in [1.165, 1.54) is 17.0 Å². The number of rotatable bonds is 5. The topological polar surface area (TPSA) is 89.6 Å². The molecule has 8 nitrogen and oxygen atoms in total. The largest absolute Gasteiger partial charge is 0.497 e. The number of ether oxygens (including phenoxy) is 1. The first-order chi connectivity index (χ1) is 15.3. The predicted octanol–water partition coefficient (Wildman–Crippen LogP) is 4.27. The summed E-state index contributed by atoms with van der Waals surface area (Å²) in [5.41, 5.74) is 4.18. The van der Waals surface area contributed by atoms with Crippen LogP contribution in [0.2, 0.25) is 0 Å². The van der Waals surface area contributed by atoms with Crippen LogP contribution >= 0.6 is 12.2 Å². The minimum absolute atomic E-state index is 0.0156. The third kappa shape index (κ3) is 3.74. The van der Waals surface area contributed by atoms with Gasteiger partial charge in [0.25, 0.3) is 11.6 Å². The van der Waals surface area contributed by atoms with Crippen LogP contribution in [0.25, 0.3) is 11.8 Å². The number of aryl methyl sites for hydroxylation is 1. The highest BCUT2D eigenvalue weighted by Crippen LogP contribution is 2.28. The molecule has 0 unspecified atom stereocenters. The number of nitro groups is 1. The van der Waals surface area contributed by atoms with Gasteiger partial charge in [0.05, 0.1) is 23.4 Å². The Bertz CT molecular complexity index is 1290. The second-order valence-corrected chi connectivity index (χ2v) is 7.66. The van der Waals surface area contributed by atoms with Crippen molar-refractivity contribution in [2.75, 3.05) is 12.0 Å². The second-order valence-electron chi connectivity index (χ2n) is 7.27. The Balaban J connectivity index is 1.70. The lowest BCUT2D eigenvalue weighted by atomic mass is 10.2. The third-order valence-corrected chi connectivity index (χ3v) is 5.54. The molecular formula is C23H20N4O4S. The van der Waals surface area contributed by atoms with Crippen molar-refractivity contribution in [3.63, 3.8) is 0 Å². The van der Waals surface area contributed by atoms with Gasteiger partial charge in [-0.15, -0.1) is 0 Å². The number of nitrogens with one attached hydrogen (secondary N) is 1. The summed E-state index contributed by atoms with van der Waals surface area (Å²) in [6, 6.07) is 15.5. The highest BCUT2D eigenvalue weighted by Gasteiger charge is 2.32. The fourth-order valence-electron chi connectivity index (χ4n) is 3.75.